The fourth-order valence-electron chi connectivity index (χ4n) is 1.44. The van der Waals surface area contributed by atoms with Gasteiger partial charge in [-0.1, -0.05) is 22.8 Å². The lowest BCUT2D eigenvalue weighted by molar-refractivity contribution is 0.199. The van der Waals surface area contributed by atoms with Crippen LogP contribution in [0.5, 0.6) is 5.75 Å². The monoisotopic (exact) mass is 268 g/mol. The van der Waals surface area contributed by atoms with Crippen LogP contribution in [-0.4, -0.2) is 15.2 Å². The molecule has 0 bridgehead atoms. The summed E-state index contributed by atoms with van der Waals surface area (Å²) in [6.07, 6.45) is -0.559. The number of rotatable bonds is 4. The predicted octanol–water partition coefficient (Wildman–Crippen LogP) is 2.66. The number of aliphatic hydroxyl groups is 1. The largest absolute Gasteiger partial charge is 0.484 e. The Bertz CT molecular complexity index is 540. The van der Waals surface area contributed by atoms with Gasteiger partial charge in [0, 0.05) is 6.92 Å². The predicted molar refractivity (Wildman–Crippen MR) is 65.5 cm³/mol. The Kier molecular flexibility index (Phi) is 3.84. The first-order valence-electron chi connectivity index (χ1n) is 5.46. The first-order chi connectivity index (χ1) is 8.56. The zero-order valence-electron chi connectivity index (χ0n) is 10.1. The summed E-state index contributed by atoms with van der Waals surface area (Å²) < 4.78 is 10.3. The molecule has 2 rings (SSSR count). The molecule has 6 heteroatoms. The molecule has 1 aromatic heterocycles. The van der Waals surface area contributed by atoms with Gasteiger partial charge >= 0.3 is 0 Å². The number of aryl methyl sites for hydroxylation is 1. The molecule has 5 nitrogen and oxygen atoms in total. The highest BCUT2D eigenvalue weighted by Gasteiger charge is 2.08. The standard InChI is InChI=1S/C12H13ClN2O3/c1-7(16)9-3-4-11(10(13)5-9)17-6-12-14-8(2)18-15-12/h3-5,7,16H,6H2,1-2H3/t7-/m1/s1. The lowest BCUT2D eigenvalue weighted by Crippen LogP contribution is -1.99. The number of aromatic nitrogens is 2. The van der Waals surface area contributed by atoms with Gasteiger partial charge in [-0.3, -0.25) is 0 Å². The lowest BCUT2D eigenvalue weighted by atomic mass is 10.1. The van der Waals surface area contributed by atoms with E-state index in [1.807, 2.05) is 0 Å². The number of ether oxygens (including phenoxy) is 1. The molecule has 0 spiro atoms. The van der Waals surface area contributed by atoms with Crippen molar-refractivity contribution < 1.29 is 14.4 Å². The molecule has 0 saturated carbocycles. The van der Waals surface area contributed by atoms with Crippen molar-refractivity contribution in [2.24, 2.45) is 0 Å². The van der Waals surface area contributed by atoms with Crippen molar-refractivity contribution >= 4 is 11.6 Å². The van der Waals surface area contributed by atoms with Gasteiger partial charge in [0.25, 0.3) is 0 Å². The third kappa shape index (κ3) is 3.00. The van der Waals surface area contributed by atoms with Gasteiger partial charge in [0.15, 0.2) is 6.61 Å². The minimum atomic E-state index is -0.559. The van der Waals surface area contributed by atoms with E-state index >= 15 is 0 Å². The summed E-state index contributed by atoms with van der Waals surface area (Å²) in [5.41, 5.74) is 0.739. The van der Waals surface area contributed by atoms with Crippen molar-refractivity contribution in [2.45, 2.75) is 26.6 Å². The fourth-order valence-corrected chi connectivity index (χ4v) is 1.68. The molecule has 0 radical (unpaired) electrons. The molecular weight excluding hydrogens is 256 g/mol. The maximum absolute atomic E-state index is 9.42. The summed E-state index contributed by atoms with van der Waals surface area (Å²) in [7, 11) is 0. The molecule has 0 amide bonds. The van der Waals surface area contributed by atoms with E-state index in [9.17, 15) is 5.11 Å². The van der Waals surface area contributed by atoms with E-state index in [1.165, 1.54) is 0 Å². The third-order valence-corrected chi connectivity index (χ3v) is 2.66. The minimum absolute atomic E-state index is 0.186. The number of halogens is 1. The van der Waals surface area contributed by atoms with E-state index in [0.29, 0.717) is 22.5 Å². The first-order valence-corrected chi connectivity index (χ1v) is 5.83. The number of nitrogens with zero attached hydrogens (tertiary/aromatic N) is 2. The van der Waals surface area contributed by atoms with Crippen LogP contribution in [-0.2, 0) is 6.61 Å². The molecule has 0 aliphatic rings. The maximum atomic E-state index is 9.42. The Labute approximate surface area is 109 Å². The van der Waals surface area contributed by atoms with Gasteiger partial charge in [-0.2, -0.15) is 4.98 Å². The van der Waals surface area contributed by atoms with Crippen LogP contribution in [0, 0.1) is 6.92 Å². The molecule has 0 aliphatic heterocycles. The minimum Gasteiger partial charge on any atom is -0.484 e. The summed E-state index contributed by atoms with van der Waals surface area (Å²) >= 11 is 6.04. The zero-order chi connectivity index (χ0) is 13.1. The molecular formula is C12H13ClN2O3. The molecule has 1 N–H and O–H groups in total. The highest BCUT2D eigenvalue weighted by atomic mass is 35.5. The van der Waals surface area contributed by atoms with Crippen molar-refractivity contribution in [3.05, 3.63) is 40.5 Å². The van der Waals surface area contributed by atoms with Crippen LogP contribution in [0.3, 0.4) is 0 Å². The molecule has 0 fully saturated rings. The molecule has 1 atom stereocenters. The summed E-state index contributed by atoms with van der Waals surface area (Å²) in [5.74, 6) is 1.47. The average Bonchev–Trinajstić information content (AvgIpc) is 2.73. The Morgan fingerprint density at radius 3 is 2.83 bits per heavy atom. The van der Waals surface area contributed by atoms with Crippen LogP contribution >= 0.6 is 11.6 Å². The van der Waals surface area contributed by atoms with Crippen LogP contribution in [0.2, 0.25) is 5.02 Å². The second-order valence-electron chi connectivity index (χ2n) is 3.88. The summed E-state index contributed by atoms with van der Waals surface area (Å²) in [6.45, 7) is 3.57. The zero-order valence-corrected chi connectivity index (χ0v) is 10.8. The molecule has 18 heavy (non-hydrogen) atoms. The van der Waals surface area contributed by atoms with Crippen molar-refractivity contribution in [3.8, 4) is 5.75 Å². The second kappa shape index (κ2) is 5.37. The molecule has 0 unspecified atom stereocenters. The fraction of sp³-hybridized carbons (Fsp3) is 0.333. The van der Waals surface area contributed by atoms with Gasteiger partial charge in [-0.05, 0) is 24.6 Å². The summed E-state index contributed by atoms with van der Waals surface area (Å²) in [4.78, 5) is 4.02. The van der Waals surface area contributed by atoms with Gasteiger partial charge in [0.1, 0.15) is 5.75 Å². The Hall–Kier alpha value is -1.59. The van der Waals surface area contributed by atoms with Crippen LogP contribution in [0.1, 0.15) is 30.3 Å². The van der Waals surface area contributed by atoms with E-state index in [1.54, 1.807) is 32.0 Å². The van der Waals surface area contributed by atoms with E-state index in [4.69, 9.17) is 20.9 Å². The Morgan fingerprint density at radius 2 is 2.28 bits per heavy atom. The van der Waals surface area contributed by atoms with Crippen molar-refractivity contribution in [3.63, 3.8) is 0 Å². The molecule has 1 aromatic carbocycles. The van der Waals surface area contributed by atoms with Gasteiger partial charge in [0.05, 0.1) is 11.1 Å². The van der Waals surface area contributed by atoms with E-state index in [-0.39, 0.29) is 6.61 Å². The van der Waals surface area contributed by atoms with Crippen molar-refractivity contribution in [2.75, 3.05) is 0 Å². The molecule has 0 saturated heterocycles. The van der Waals surface area contributed by atoms with E-state index in [2.05, 4.69) is 10.1 Å². The van der Waals surface area contributed by atoms with Gasteiger partial charge < -0.3 is 14.4 Å². The van der Waals surface area contributed by atoms with E-state index in [0.717, 1.165) is 5.56 Å². The highest BCUT2D eigenvalue weighted by molar-refractivity contribution is 6.32. The van der Waals surface area contributed by atoms with Crippen LogP contribution < -0.4 is 4.74 Å². The van der Waals surface area contributed by atoms with Crippen LogP contribution in [0.25, 0.3) is 0 Å². The SMILES string of the molecule is Cc1nc(COc2ccc([C@@H](C)O)cc2Cl)no1. The van der Waals surface area contributed by atoms with Crippen molar-refractivity contribution in [1.82, 2.24) is 10.1 Å². The molecule has 0 aliphatic carbocycles. The molecule has 2 aromatic rings. The smallest absolute Gasteiger partial charge is 0.223 e. The van der Waals surface area contributed by atoms with Gasteiger partial charge in [-0.15, -0.1) is 0 Å². The average molecular weight is 269 g/mol. The summed E-state index contributed by atoms with van der Waals surface area (Å²) in [6, 6.07) is 5.13. The third-order valence-electron chi connectivity index (χ3n) is 2.36. The number of hydrogen-bond acceptors (Lipinski definition) is 5. The number of benzene rings is 1. The second-order valence-corrected chi connectivity index (χ2v) is 4.29. The molecule has 96 valence electrons. The maximum Gasteiger partial charge on any atom is 0.223 e. The molecule has 1 heterocycles. The van der Waals surface area contributed by atoms with Crippen LogP contribution in [0.15, 0.2) is 22.7 Å². The van der Waals surface area contributed by atoms with Gasteiger partial charge in [-0.25, -0.2) is 0 Å². The topological polar surface area (TPSA) is 68.4 Å². The van der Waals surface area contributed by atoms with E-state index < -0.39 is 6.10 Å². The van der Waals surface area contributed by atoms with Crippen LogP contribution in [0.4, 0.5) is 0 Å². The summed E-state index contributed by atoms with van der Waals surface area (Å²) in [5, 5.41) is 13.6. The number of aliphatic hydroxyl groups excluding tert-OH is 1. The Balaban J connectivity index is 2.05. The Morgan fingerprint density at radius 1 is 1.50 bits per heavy atom. The lowest BCUT2D eigenvalue weighted by Gasteiger charge is -2.09. The number of hydrogen-bond donors (Lipinski definition) is 1. The highest BCUT2D eigenvalue weighted by Crippen LogP contribution is 2.28. The first kappa shape index (κ1) is 12.9. The normalized spacial score (nSPS) is 12.4. The van der Waals surface area contributed by atoms with Crippen molar-refractivity contribution in [1.29, 1.82) is 0 Å². The quantitative estimate of drug-likeness (QED) is 0.923. The van der Waals surface area contributed by atoms with Gasteiger partial charge in [0.2, 0.25) is 11.7 Å².